The zero-order valence-electron chi connectivity index (χ0n) is 72.6. The number of furan rings is 3. The Morgan fingerprint density at radius 3 is 0.894 bits per heavy atom. The number of aryl methyl sites for hydroxylation is 3. The third-order valence-electron chi connectivity index (χ3n) is 26.8. The largest absolute Gasteiger partial charge is 0.455 e. The van der Waals surface area contributed by atoms with Gasteiger partial charge in [0.2, 0.25) is 0 Å². The molecule has 0 aliphatic carbocycles. The van der Waals surface area contributed by atoms with E-state index in [2.05, 4.69) is 458 Å². The standard InChI is InChI=1S/C53H33NO.C37H25NO.C36H23NO/c1-4-16-34(17-5-1)37-30-46(36-20-8-3-9-21-36)52-48(32-37)49-33-38(35-18-6-2-7-19-35)31-47(53(49)55-52)42-25-12-14-26-43(42)50-29-28-45-41-24-11-10-22-39(41)40-23-13-15-27-44(40)51(45)54-50;1-22-15-18-35-31(19-22)33-21-23(2)20-32(37(33)39-35)27-12-5-7-13-28(27)34-17-16-30-26-11-4-3-9-24(26)25-10-6-8-14-29(25)36(30)38-34;1-22-10-8-17-31-32-19-9-18-30(36(32)38-35(22)31)26-14-4-6-15-27(26)33-21-20-29-25-13-3-2-11-23(25)24-12-5-7-16-28(24)34(29)37-33/h1-33H;3-21H,1-2H3;2-21H,1H3. The number of para-hydroxylation sites is 2. The van der Waals surface area contributed by atoms with Crippen LogP contribution < -0.4 is 0 Å². The molecular weight excluding hydrogens is 1600 g/mol. The maximum atomic E-state index is 7.15. The Morgan fingerprint density at radius 2 is 0.447 bits per heavy atom. The molecule has 27 rings (SSSR count). The van der Waals surface area contributed by atoms with Gasteiger partial charge in [-0.05, 0) is 210 Å². The van der Waals surface area contributed by atoms with E-state index in [1.165, 1.54) is 86.7 Å². The Labute approximate surface area is 760 Å². The van der Waals surface area contributed by atoms with E-state index in [9.17, 15) is 0 Å². The average molecular weight is 1690 g/mol. The molecule has 0 aliphatic rings. The van der Waals surface area contributed by atoms with Gasteiger partial charge in [0.15, 0.2) is 0 Å². The molecule has 0 spiro atoms. The van der Waals surface area contributed by atoms with Gasteiger partial charge in [-0.15, -0.1) is 0 Å². The van der Waals surface area contributed by atoms with Crippen LogP contribution in [0.3, 0.4) is 0 Å². The molecule has 0 atom stereocenters. The van der Waals surface area contributed by atoms with Crippen molar-refractivity contribution in [3.05, 3.63) is 453 Å². The molecule has 0 aliphatic heterocycles. The van der Waals surface area contributed by atoms with Crippen molar-refractivity contribution in [2.45, 2.75) is 20.8 Å². The first kappa shape index (κ1) is 77.2. The number of aromatic nitrogens is 3. The van der Waals surface area contributed by atoms with Gasteiger partial charge in [0.1, 0.15) is 33.5 Å². The van der Waals surface area contributed by atoms with Crippen LogP contribution in [0.25, 0.3) is 264 Å². The Balaban J connectivity index is 0.000000109. The Bertz CT molecular complexity index is 9290. The summed E-state index contributed by atoms with van der Waals surface area (Å²) in [6.07, 6.45) is 0. The Morgan fingerprint density at radius 1 is 0.152 bits per heavy atom. The van der Waals surface area contributed by atoms with Crippen LogP contribution >= 0.6 is 0 Å². The number of benzene rings is 21. The number of pyridine rings is 3. The summed E-state index contributed by atoms with van der Waals surface area (Å²) < 4.78 is 20.2. The van der Waals surface area contributed by atoms with Gasteiger partial charge >= 0.3 is 0 Å². The van der Waals surface area contributed by atoms with Crippen LogP contribution in [0.15, 0.2) is 450 Å². The number of nitrogens with zero attached hydrogens (tertiary/aromatic N) is 3. The van der Waals surface area contributed by atoms with Crippen LogP contribution in [0, 0.1) is 20.8 Å². The van der Waals surface area contributed by atoms with Gasteiger partial charge in [-0.1, -0.05) is 357 Å². The molecule has 618 valence electrons. The summed E-state index contributed by atoms with van der Waals surface area (Å²) >= 11 is 0. The molecule has 6 nitrogen and oxygen atoms in total. The lowest BCUT2D eigenvalue weighted by Crippen LogP contribution is -1.92. The predicted molar refractivity (Wildman–Crippen MR) is 555 cm³/mol. The van der Waals surface area contributed by atoms with Crippen LogP contribution in [-0.4, -0.2) is 15.0 Å². The first-order valence-corrected chi connectivity index (χ1v) is 45.2. The lowest BCUT2D eigenvalue weighted by molar-refractivity contribution is 0.667. The summed E-state index contributed by atoms with van der Waals surface area (Å²) in [5, 5.41) is 24.9. The third-order valence-corrected chi connectivity index (χ3v) is 26.8. The van der Waals surface area contributed by atoms with Crippen LogP contribution in [0.5, 0.6) is 0 Å². The Hall–Kier alpha value is -17.2. The van der Waals surface area contributed by atoms with Crippen molar-refractivity contribution >= 4 is 163 Å². The van der Waals surface area contributed by atoms with Crippen LogP contribution in [-0.2, 0) is 0 Å². The van der Waals surface area contributed by atoms with Gasteiger partial charge in [0.05, 0.1) is 33.6 Å². The topological polar surface area (TPSA) is 78.1 Å². The molecule has 0 unspecified atom stereocenters. The van der Waals surface area contributed by atoms with Gasteiger partial charge in [-0.25, -0.2) is 15.0 Å². The fraction of sp³-hybridized carbons (Fsp3) is 0.0238. The smallest absolute Gasteiger partial charge is 0.143 e. The maximum Gasteiger partial charge on any atom is 0.143 e. The third kappa shape index (κ3) is 13.0. The minimum atomic E-state index is 0.863. The first-order chi connectivity index (χ1) is 65.2. The highest BCUT2D eigenvalue weighted by Gasteiger charge is 2.26. The highest BCUT2D eigenvalue weighted by molar-refractivity contribution is 6.28. The van der Waals surface area contributed by atoms with Crippen molar-refractivity contribution in [2.24, 2.45) is 0 Å². The van der Waals surface area contributed by atoms with Gasteiger partial charge in [0.25, 0.3) is 0 Å². The molecule has 6 heteroatoms. The minimum absolute atomic E-state index is 0.863. The highest BCUT2D eigenvalue weighted by atomic mass is 16.3. The summed E-state index contributed by atoms with van der Waals surface area (Å²) in [4.78, 5) is 16.1. The molecular formula is C126H81N3O3. The molecule has 0 N–H and O–H groups in total. The molecule has 27 aromatic rings. The normalized spacial score (nSPS) is 11.8. The number of fused-ring (bicyclic) bond motifs is 27. The van der Waals surface area contributed by atoms with Crippen LogP contribution in [0.2, 0.25) is 0 Å². The van der Waals surface area contributed by atoms with Crippen molar-refractivity contribution in [3.8, 4) is 101 Å². The van der Waals surface area contributed by atoms with Gasteiger partial charge in [-0.3, -0.25) is 0 Å². The molecule has 0 radical (unpaired) electrons. The number of hydrogen-bond acceptors (Lipinski definition) is 6. The quantitative estimate of drug-likeness (QED) is 0.134. The van der Waals surface area contributed by atoms with Crippen LogP contribution in [0.4, 0.5) is 0 Å². The van der Waals surface area contributed by atoms with Crippen molar-refractivity contribution < 1.29 is 13.3 Å². The molecule has 132 heavy (non-hydrogen) atoms. The van der Waals surface area contributed by atoms with Crippen molar-refractivity contribution in [1.29, 1.82) is 0 Å². The molecule has 6 aromatic heterocycles. The van der Waals surface area contributed by atoms with Gasteiger partial charge < -0.3 is 13.3 Å². The van der Waals surface area contributed by atoms with E-state index in [1.807, 2.05) is 0 Å². The van der Waals surface area contributed by atoms with Crippen LogP contribution in [0.1, 0.15) is 16.7 Å². The second-order valence-corrected chi connectivity index (χ2v) is 34.7. The van der Waals surface area contributed by atoms with Crippen molar-refractivity contribution in [2.75, 3.05) is 0 Å². The number of hydrogen-bond donors (Lipinski definition) is 0. The molecule has 6 heterocycles. The molecule has 0 bridgehead atoms. The minimum Gasteiger partial charge on any atom is -0.455 e. The second-order valence-electron chi connectivity index (χ2n) is 34.7. The van der Waals surface area contributed by atoms with E-state index < -0.39 is 0 Å². The second kappa shape index (κ2) is 31.7. The van der Waals surface area contributed by atoms with E-state index in [-0.39, 0.29) is 0 Å². The van der Waals surface area contributed by atoms with E-state index >= 15 is 0 Å². The molecule has 0 fully saturated rings. The van der Waals surface area contributed by atoms with Gasteiger partial charge in [0, 0.05) is 104 Å². The first-order valence-electron chi connectivity index (χ1n) is 45.2. The lowest BCUT2D eigenvalue weighted by Gasteiger charge is -2.14. The van der Waals surface area contributed by atoms with E-state index in [0.29, 0.717) is 0 Å². The van der Waals surface area contributed by atoms with E-state index in [4.69, 9.17) is 28.2 Å². The predicted octanol–water partition coefficient (Wildman–Crippen LogP) is 35.3. The zero-order valence-corrected chi connectivity index (χ0v) is 72.6. The fourth-order valence-electron chi connectivity index (χ4n) is 20.7. The summed E-state index contributed by atoms with van der Waals surface area (Å²) in [6.45, 7) is 6.39. The Kier molecular flexibility index (Phi) is 18.5. The summed E-state index contributed by atoms with van der Waals surface area (Å²) in [7, 11) is 0. The molecule has 0 amide bonds. The molecule has 21 aromatic carbocycles. The molecule has 0 saturated heterocycles. The number of rotatable bonds is 9. The maximum absolute atomic E-state index is 7.15. The molecule has 0 saturated carbocycles. The average Bonchev–Trinajstić information content (AvgIpc) is 1.45. The summed E-state index contributed by atoms with van der Waals surface area (Å²) in [5.74, 6) is 0. The van der Waals surface area contributed by atoms with Gasteiger partial charge in [-0.2, -0.15) is 0 Å². The van der Waals surface area contributed by atoms with E-state index in [0.717, 1.165) is 194 Å². The summed E-state index contributed by atoms with van der Waals surface area (Å²) in [5.41, 5.74) is 31.5. The lowest BCUT2D eigenvalue weighted by atomic mass is 9.91. The fourth-order valence-corrected chi connectivity index (χ4v) is 20.7. The monoisotopic (exact) mass is 1680 g/mol. The highest BCUT2D eigenvalue weighted by Crippen LogP contribution is 2.50. The van der Waals surface area contributed by atoms with Crippen molar-refractivity contribution in [3.63, 3.8) is 0 Å². The SMILES string of the molecule is Cc1ccc2oc3c(-c4ccccc4-c4ccc5c6ccccc6c6ccccc6c5n4)cc(C)cc3c2c1.Cc1cccc2c1oc1c(-c3ccccc3-c3ccc4c5ccccc5c5ccccc5c4n3)cccc12.c1ccc(-c2cc(-c3ccccc3)c3oc4c(-c5ccccc5-c5ccc6c7ccccc7c7ccccc7c6n5)cc(-c5ccccc5)cc4c3c2)cc1. The van der Waals surface area contributed by atoms with Crippen molar-refractivity contribution in [1.82, 2.24) is 15.0 Å². The summed E-state index contributed by atoms with van der Waals surface area (Å²) in [6, 6.07) is 155. The zero-order chi connectivity index (χ0) is 87.6. The van der Waals surface area contributed by atoms with E-state index in [1.54, 1.807) is 0 Å².